The lowest BCUT2D eigenvalue weighted by atomic mass is 9.98. The summed E-state index contributed by atoms with van der Waals surface area (Å²) in [5.41, 5.74) is 4.74. The second-order valence-electron chi connectivity index (χ2n) is 9.67. The zero-order valence-corrected chi connectivity index (χ0v) is 19.7. The molecule has 0 bridgehead atoms. The first kappa shape index (κ1) is 23.4. The van der Waals surface area contributed by atoms with Crippen LogP contribution in [0.1, 0.15) is 36.3 Å². The molecule has 2 amide bonds. The van der Waals surface area contributed by atoms with Crippen molar-refractivity contribution in [1.29, 1.82) is 0 Å². The molecule has 3 aliphatic rings. The standard InChI is InChI=1S/C27H31N3O5/c31-25(32)16-29-11-13-30(14-12-29)26(33)18-9-10-19(15-18)28-27(34)35-17-24-22-7-3-1-5-20(22)21-6-2-4-8-23(21)24/h1-8,18-19,24H,9-17H2,(H,28,34)(H,31,32)/t18-,19+/m1/s1. The van der Waals surface area contributed by atoms with Crippen LogP contribution in [0.3, 0.4) is 0 Å². The average molecular weight is 478 g/mol. The van der Waals surface area contributed by atoms with E-state index in [2.05, 4.69) is 29.6 Å². The van der Waals surface area contributed by atoms with Crippen molar-refractivity contribution in [3.8, 4) is 11.1 Å². The van der Waals surface area contributed by atoms with Crippen LogP contribution in [0, 0.1) is 5.92 Å². The summed E-state index contributed by atoms with van der Waals surface area (Å²) in [5, 5.41) is 11.9. The third-order valence-electron chi connectivity index (χ3n) is 7.49. The number of hydrogen-bond acceptors (Lipinski definition) is 5. The fourth-order valence-corrected chi connectivity index (χ4v) is 5.72. The van der Waals surface area contributed by atoms with Crippen LogP contribution in [0.5, 0.6) is 0 Å². The first-order valence-corrected chi connectivity index (χ1v) is 12.3. The van der Waals surface area contributed by atoms with Gasteiger partial charge in [-0.05, 0) is 41.5 Å². The Balaban J connectivity index is 1.10. The quantitative estimate of drug-likeness (QED) is 0.664. The molecule has 5 rings (SSSR count). The summed E-state index contributed by atoms with van der Waals surface area (Å²) in [5.74, 6) is -0.828. The van der Waals surface area contributed by atoms with E-state index >= 15 is 0 Å². The van der Waals surface area contributed by atoms with Crippen molar-refractivity contribution in [3.05, 3.63) is 59.7 Å². The molecule has 1 saturated carbocycles. The summed E-state index contributed by atoms with van der Waals surface area (Å²) in [6.07, 6.45) is 1.66. The number of benzene rings is 2. The van der Waals surface area contributed by atoms with Crippen LogP contribution in [0.2, 0.25) is 0 Å². The van der Waals surface area contributed by atoms with Crippen LogP contribution in [-0.2, 0) is 14.3 Å². The number of nitrogens with zero attached hydrogens (tertiary/aromatic N) is 2. The molecule has 8 nitrogen and oxygen atoms in total. The number of carbonyl (C=O) groups excluding carboxylic acids is 2. The highest BCUT2D eigenvalue weighted by molar-refractivity contribution is 5.80. The predicted molar refractivity (Wildman–Crippen MR) is 130 cm³/mol. The van der Waals surface area contributed by atoms with Crippen molar-refractivity contribution in [2.45, 2.75) is 31.2 Å². The maximum absolute atomic E-state index is 12.9. The van der Waals surface area contributed by atoms with Gasteiger partial charge in [-0.1, -0.05) is 48.5 Å². The maximum Gasteiger partial charge on any atom is 0.407 e. The summed E-state index contributed by atoms with van der Waals surface area (Å²) in [7, 11) is 0. The summed E-state index contributed by atoms with van der Waals surface area (Å²) in [4.78, 5) is 40.1. The topological polar surface area (TPSA) is 99.2 Å². The fourth-order valence-electron chi connectivity index (χ4n) is 5.72. The van der Waals surface area contributed by atoms with E-state index in [1.807, 2.05) is 34.1 Å². The highest BCUT2D eigenvalue weighted by Crippen LogP contribution is 2.44. The minimum atomic E-state index is -0.845. The summed E-state index contributed by atoms with van der Waals surface area (Å²) >= 11 is 0. The normalized spacial score (nSPS) is 21.9. The predicted octanol–water partition coefficient (Wildman–Crippen LogP) is 2.92. The van der Waals surface area contributed by atoms with Crippen LogP contribution < -0.4 is 5.32 Å². The molecule has 1 heterocycles. The monoisotopic (exact) mass is 477 g/mol. The number of carboxylic acid groups (broad SMARTS) is 1. The lowest BCUT2D eigenvalue weighted by Crippen LogP contribution is -2.51. The van der Waals surface area contributed by atoms with Crippen molar-refractivity contribution in [1.82, 2.24) is 15.1 Å². The first-order chi connectivity index (χ1) is 17.0. The highest BCUT2D eigenvalue weighted by atomic mass is 16.5. The van der Waals surface area contributed by atoms with Gasteiger partial charge in [0, 0.05) is 44.1 Å². The molecule has 0 aromatic heterocycles. The number of piperazine rings is 1. The van der Waals surface area contributed by atoms with Crippen molar-refractivity contribution in [3.63, 3.8) is 0 Å². The molecule has 0 radical (unpaired) electrons. The Morgan fingerprint density at radius 1 is 0.914 bits per heavy atom. The van der Waals surface area contributed by atoms with Gasteiger partial charge in [-0.2, -0.15) is 0 Å². The Labute approximate surface area is 204 Å². The van der Waals surface area contributed by atoms with Crippen molar-refractivity contribution >= 4 is 18.0 Å². The number of carboxylic acids is 1. The van der Waals surface area contributed by atoms with Gasteiger partial charge in [0.05, 0.1) is 6.54 Å². The van der Waals surface area contributed by atoms with Crippen molar-refractivity contribution in [2.24, 2.45) is 5.92 Å². The van der Waals surface area contributed by atoms with E-state index in [1.54, 1.807) is 0 Å². The van der Waals surface area contributed by atoms with E-state index in [-0.39, 0.29) is 36.9 Å². The molecule has 2 fully saturated rings. The van der Waals surface area contributed by atoms with Gasteiger partial charge in [0.1, 0.15) is 6.61 Å². The second-order valence-corrected chi connectivity index (χ2v) is 9.67. The van der Waals surface area contributed by atoms with E-state index in [0.717, 1.165) is 12.8 Å². The van der Waals surface area contributed by atoms with Crippen LogP contribution in [0.15, 0.2) is 48.5 Å². The molecular formula is C27H31N3O5. The zero-order chi connectivity index (χ0) is 24.4. The van der Waals surface area contributed by atoms with E-state index in [1.165, 1.54) is 22.3 Å². The number of ether oxygens (including phenoxy) is 1. The highest BCUT2D eigenvalue weighted by Gasteiger charge is 2.35. The van der Waals surface area contributed by atoms with Gasteiger partial charge >= 0.3 is 12.1 Å². The van der Waals surface area contributed by atoms with Crippen molar-refractivity contribution in [2.75, 3.05) is 39.3 Å². The Morgan fingerprint density at radius 3 is 2.17 bits per heavy atom. The summed E-state index contributed by atoms with van der Waals surface area (Å²) in [6, 6.07) is 16.4. The molecule has 2 aromatic carbocycles. The Morgan fingerprint density at radius 2 is 1.54 bits per heavy atom. The summed E-state index contributed by atoms with van der Waals surface area (Å²) < 4.78 is 5.66. The van der Waals surface area contributed by atoms with Crippen molar-refractivity contribution < 1.29 is 24.2 Å². The molecule has 2 atom stereocenters. The zero-order valence-electron chi connectivity index (χ0n) is 19.7. The lowest BCUT2D eigenvalue weighted by Gasteiger charge is -2.35. The van der Waals surface area contributed by atoms with E-state index in [4.69, 9.17) is 9.84 Å². The third-order valence-corrected chi connectivity index (χ3v) is 7.49. The molecule has 2 aromatic rings. The lowest BCUT2D eigenvalue weighted by molar-refractivity contribution is -0.140. The Kier molecular flexibility index (Phi) is 6.72. The molecule has 1 aliphatic heterocycles. The number of nitrogens with one attached hydrogen (secondary N) is 1. The molecule has 8 heteroatoms. The Bertz CT molecular complexity index is 1070. The average Bonchev–Trinajstić information content (AvgIpc) is 3.45. The smallest absolute Gasteiger partial charge is 0.407 e. The van der Waals surface area contributed by atoms with Crippen LogP contribution in [0.25, 0.3) is 11.1 Å². The fraction of sp³-hybridized carbons (Fsp3) is 0.444. The molecule has 2 aliphatic carbocycles. The molecule has 35 heavy (non-hydrogen) atoms. The minimum Gasteiger partial charge on any atom is -0.480 e. The van der Waals surface area contributed by atoms with E-state index in [0.29, 0.717) is 32.6 Å². The number of alkyl carbamates (subject to hydrolysis) is 1. The van der Waals surface area contributed by atoms with Gasteiger partial charge in [-0.3, -0.25) is 14.5 Å². The van der Waals surface area contributed by atoms with Gasteiger partial charge in [0.25, 0.3) is 0 Å². The molecule has 1 saturated heterocycles. The van der Waals surface area contributed by atoms with Gasteiger partial charge in [-0.25, -0.2) is 4.79 Å². The number of fused-ring (bicyclic) bond motifs is 3. The van der Waals surface area contributed by atoms with Gasteiger partial charge in [0.2, 0.25) is 5.91 Å². The molecule has 184 valence electrons. The maximum atomic E-state index is 12.9. The van der Waals surface area contributed by atoms with Gasteiger partial charge in [-0.15, -0.1) is 0 Å². The van der Waals surface area contributed by atoms with Crippen LogP contribution >= 0.6 is 0 Å². The van der Waals surface area contributed by atoms with E-state index < -0.39 is 12.1 Å². The molecule has 2 N–H and O–H groups in total. The number of aliphatic carboxylic acids is 1. The second kappa shape index (κ2) is 10.1. The molecule has 0 unspecified atom stereocenters. The Hall–Kier alpha value is -3.39. The first-order valence-electron chi connectivity index (χ1n) is 12.3. The molecule has 0 spiro atoms. The SMILES string of the molecule is O=C(O)CN1CCN(C(=O)[C@@H]2CC[C@H](NC(=O)OCC3c4ccccc4-c4ccccc43)C2)CC1. The van der Waals surface area contributed by atoms with Gasteiger partial charge in [0.15, 0.2) is 0 Å². The number of hydrogen-bond donors (Lipinski definition) is 2. The third kappa shape index (κ3) is 5.03. The largest absolute Gasteiger partial charge is 0.480 e. The molecular weight excluding hydrogens is 446 g/mol. The number of carbonyl (C=O) groups is 3. The van der Waals surface area contributed by atoms with E-state index in [9.17, 15) is 14.4 Å². The summed E-state index contributed by atoms with van der Waals surface area (Å²) in [6.45, 7) is 2.53. The number of amides is 2. The van der Waals surface area contributed by atoms with Crippen LogP contribution in [0.4, 0.5) is 4.79 Å². The van der Waals surface area contributed by atoms with Crippen LogP contribution in [-0.4, -0.2) is 78.2 Å². The number of rotatable bonds is 6. The minimum absolute atomic E-state index is 0.0115. The van der Waals surface area contributed by atoms with Gasteiger partial charge < -0.3 is 20.1 Å².